The molecule has 3 atom stereocenters. The molecule has 0 radical (unpaired) electrons. The van der Waals surface area contributed by atoms with Gasteiger partial charge >= 0.3 is 0 Å². The summed E-state index contributed by atoms with van der Waals surface area (Å²) in [4.78, 5) is 26.9. The van der Waals surface area contributed by atoms with Crippen LogP contribution in [0, 0.1) is 11.8 Å². The number of alkyl halides is 3. The molecule has 38 heavy (non-hydrogen) atoms. The molecule has 0 aliphatic heterocycles. The van der Waals surface area contributed by atoms with Gasteiger partial charge in [0.25, 0.3) is 12.3 Å². The number of rotatable bonds is 9. The minimum absolute atomic E-state index is 0.116. The highest BCUT2D eigenvalue weighted by molar-refractivity contribution is 7.17. The molecule has 0 spiro atoms. The third-order valence-electron chi connectivity index (χ3n) is 7.33. The van der Waals surface area contributed by atoms with Crippen molar-refractivity contribution >= 4 is 39.9 Å². The van der Waals surface area contributed by atoms with Crippen LogP contribution in [0.2, 0.25) is 0 Å². The number of carbonyl (C=O) groups excluding carboxylic acids is 2. The Morgan fingerprint density at radius 3 is 2.74 bits per heavy atom. The van der Waals surface area contributed by atoms with Crippen molar-refractivity contribution < 1.29 is 22.8 Å². The lowest BCUT2D eigenvalue weighted by molar-refractivity contribution is -0.117. The van der Waals surface area contributed by atoms with Crippen LogP contribution in [0.4, 0.5) is 29.9 Å². The van der Waals surface area contributed by atoms with Crippen LogP contribution >= 0.6 is 11.3 Å². The molecule has 3 N–H and O–H groups in total. The molecule has 3 heterocycles. The first-order chi connectivity index (χ1) is 18.3. The summed E-state index contributed by atoms with van der Waals surface area (Å²) in [6.45, 7) is 0.584. The van der Waals surface area contributed by atoms with E-state index in [2.05, 4.69) is 31.2 Å². The fourth-order valence-corrected chi connectivity index (χ4v) is 6.09. The first-order valence-electron chi connectivity index (χ1n) is 12.6. The number of anilines is 3. The molecule has 3 aromatic rings. The number of aryl methyl sites for hydroxylation is 2. The number of hydrogen-bond donors (Lipinski definition) is 3. The number of nitrogens with zero attached hydrogens (tertiary/aromatic N) is 5. The molecule has 2 fully saturated rings. The Labute approximate surface area is 220 Å². The van der Waals surface area contributed by atoms with Gasteiger partial charge in [-0.3, -0.25) is 18.8 Å². The van der Waals surface area contributed by atoms with E-state index >= 15 is 0 Å². The zero-order chi connectivity index (χ0) is 26.6. The Kier molecular flexibility index (Phi) is 6.36. The summed E-state index contributed by atoms with van der Waals surface area (Å²) in [6.07, 6.45) is 2.01. The summed E-state index contributed by atoms with van der Waals surface area (Å²) in [5.41, 5.74) is 0.946. The quantitative estimate of drug-likeness (QED) is 0.373. The minimum atomic E-state index is -2.69. The number of nitrogens with one attached hydrogen (secondary N) is 3. The highest BCUT2D eigenvalue weighted by Crippen LogP contribution is 2.43. The van der Waals surface area contributed by atoms with Gasteiger partial charge in [-0.25, -0.2) is 13.2 Å². The number of hydrogen-bond acceptors (Lipinski definition) is 7. The van der Waals surface area contributed by atoms with Gasteiger partial charge in [0.05, 0.1) is 11.5 Å². The van der Waals surface area contributed by atoms with E-state index in [0.29, 0.717) is 47.6 Å². The van der Waals surface area contributed by atoms with Gasteiger partial charge in [0, 0.05) is 30.6 Å². The van der Waals surface area contributed by atoms with Gasteiger partial charge in [-0.1, -0.05) is 0 Å². The molecule has 10 nitrogen and oxygen atoms in total. The van der Waals surface area contributed by atoms with Crippen LogP contribution < -0.4 is 16.0 Å². The Hall–Kier alpha value is -3.42. The predicted octanol–water partition coefficient (Wildman–Crippen LogP) is 3.92. The summed E-state index contributed by atoms with van der Waals surface area (Å²) < 4.78 is 42.8. The fourth-order valence-electron chi connectivity index (χ4n) is 4.85. The molecular weight excluding hydrogens is 521 g/mol. The predicted molar refractivity (Wildman–Crippen MR) is 134 cm³/mol. The minimum Gasteiger partial charge on any atom is -0.352 e. The van der Waals surface area contributed by atoms with Crippen LogP contribution in [0.5, 0.6) is 0 Å². The Bertz CT molecular complexity index is 1380. The van der Waals surface area contributed by atoms with E-state index in [1.165, 1.54) is 22.1 Å². The largest absolute Gasteiger partial charge is 0.352 e. The summed E-state index contributed by atoms with van der Waals surface area (Å²) >= 11 is 1.37. The summed E-state index contributed by atoms with van der Waals surface area (Å²) in [7, 11) is 1.56. The molecular formula is C24H27F3N8O2S. The summed E-state index contributed by atoms with van der Waals surface area (Å²) in [5.74, 6) is -0.0943. The van der Waals surface area contributed by atoms with E-state index < -0.39 is 24.4 Å². The van der Waals surface area contributed by atoms with Crippen LogP contribution in [0.3, 0.4) is 0 Å². The molecule has 0 unspecified atom stereocenters. The van der Waals surface area contributed by atoms with Crippen molar-refractivity contribution in [2.75, 3.05) is 17.2 Å². The highest BCUT2D eigenvalue weighted by Gasteiger charge is 2.44. The number of carbonyl (C=O) groups is 2. The molecule has 0 saturated heterocycles. The molecule has 2 saturated carbocycles. The second-order valence-corrected chi connectivity index (χ2v) is 11.3. The lowest BCUT2D eigenvalue weighted by Crippen LogP contribution is -2.29. The maximum absolute atomic E-state index is 13.5. The van der Waals surface area contributed by atoms with E-state index in [1.54, 1.807) is 13.4 Å². The molecule has 2 amide bonds. The smallest absolute Gasteiger partial charge is 0.282 e. The van der Waals surface area contributed by atoms with Crippen LogP contribution in [-0.4, -0.2) is 49.1 Å². The number of aromatic nitrogens is 5. The zero-order valence-corrected chi connectivity index (χ0v) is 21.4. The number of thiophene rings is 1. The topological polar surface area (TPSA) is 119 Å². The normalized spacial score (nSPS) is 22.3. The third-order valence-corrected chi connectivity index (χ3v) is 8.53. The van der Waals surface area contributed by atoms with Gasteiger partial charge in [0.15, 0.2) is 0 Å². The highest BCUT2D eigenvalue weighted by atomic mass is 32.1. The lowest BCUT2D eigenvalue weighted by Gasteiger charge is -2.25. The lowest BCUT2D eigenvalue weighted by atomic mass is 9.91. The van der Waals surface area contributed by atoms with Crippen molar-refractivity contribution in [2.45, 2.75) is 57.2 Å². The van der Waals surface area contributed by atoms with Gasteiger partial charge in [0.1, 0.15) is 29.0 Å². The zero-order valence-electron chi connectivity index (χ0n) is 20.6. The molecule has 0 aromatic carbocycles. The van der Waals surface area contributed by atoms with Crippen molar-refractivity contribution in [2.24, 2.45) is 18.9 Å². The van der Waals surface area contributed by atoms with Crippen molar-refractivity contribution in [1.29, 1.82) is 0 Å². The molecule has 14 heteroatoms. The Morgan fingerprint density at radius 2 is 2.05 bits per heavy atom. The van der Waals surface area contributed by atoms with Crippen LogP contribution in [0.25, 0.3) is 0 Å². The molecule has 3 aliphatic carbocycles. The standard InChI is InChI=1S/C24H27F3N8O2S/c1-34-18(8-16(33-34)20(26)27)30-24-32-29-10-35(24)12-4-5-17-14(6-12)19(22(37)28-9-11-2-3-11)23(38-17)31-21(36)13-7-15(13)25/h8,10-13,15,20H,2-7,9H2,1H3,(H,28,37)(H,30,32)(H,31,36)/t12-,13-,15+/m0/s1. The maximum Gasteiger partial charge on any atom is 0.282 e. The van der Waals surface area contributed by atoms with Crippen LogP contribution in [-0.2, 0) is 24.7 Å². The molecule has 202 valence electrons. The maximum atomic E-state index is 13.5. The van der Waals surface area contributed by atoms with Gasteiger partial charge in [-0.05, 0) is 50.0 Å². The van der Waals surface area contributed by atoms with E-state index in [0.717, 1.165) is 29.7 Å². The SMILES string of the molecule is Cn1nc(C(F)F)cc1Nc1nncn1[C@H]1CCc2sc(NC(=O)[C@H]3C[C@H]3F)c(C(=O)NCC3CC3)c2C1. The van der Waals surface area contributed by atoms with Crippen molar-refractivity contribution in [3.05, 3.63) is 34.1 Å². The molecule has 6 rings (SSSR count). The van der Waals surface area contributed by atoms with Crippen LogP contribution in [0.1, 0.15) is 64.6 Å². The fraction of sp³-hybridized carbons (Fsp3) is 0.542. The molecule has 3 aromatic heterocycles. The molecule has 0 bridgehead atoms. The van der Waals surface area contributed by atoms with E-state index in [9.17, 15) is 22.8 Å². The number of fused-ring (bicyclic) bond motifs is 1. The first kappa shape index (κ1) is 24.9. The van der Waals surface area contributed by atoms with Crippen molar-refractivity contribution in [1.82, 2.24) is 29.9 Å². The number of halogens is 3. The summed E-state index contributed by atoms with van der Waals surface area (Å²) in [6, 6.07) is 1.15. The van der Waals surface area contributed by atoms with Crippen molar-refractivity contribution in [3.63, 3.8) is 0 Å². The second-order valence-electron chi connectivity index (χ2n) is 10.2. The second kappa shape index (κ2) is 9.71. The van der Waals surface area contributed by atoms with Gasteiger partial charge in [-0.15, -0.1) is 21.5 Å². The van der Waals surface area contributed by atoms with Crippen LogP contribution in [0.15, 0.2) is 12.4 Å². The first-order valence-corrected chi connectivity index (χ1v) is 13.5. The van der Waals surface area contributed by atoms with Crippen molar-refractivity contribution in [3.8, 4) is 0 Å². The monoisotopic (exact) mass is 548 g/mol. The number of amides is 2. The van der Waals surface area contributed by atoms with Gasteiger partial charge < -0.3 is 16.0 Å². The molecule has 3 aliphatic rings. The van der Waals surface area contributed by atoms with E-state index in [-0.39, 0.29) is 24.1 Å². The van der Waals surface area contributed by atoms with E-state index in [1.807, 2.05) is 4.57 Å². The van der Waals surface area contributed by atoms with Gasteiger partial charge in [-0.2, -0.15) is 5.10 Å². The third kappa shape index (κ3) is 4.88. The average molecular weight is 549 g/mol. The average Bonchev–Trinajstić information content (AvgIpc) is 3.72. The van der Waals surface area contributed by atoms with E-state index in [4.69, 9.17) is 0 Å². The van der Waals surface area contributed by atoms with Gasteiger partial charge in [0.2, 0.25) is 11.9 Å². The summed E-state index contributed by atoms with van der Waals surface area (Å²) in [5, 5.41) is 21.3. The Morgan fingerprint density at radius 1 is 1.26 bits per heavy atom. The Balaban J connectivity index is 1.26.